The molecule has 0 aliphatic carbocycles. The first-order valence-corrected chi connectivity index (χ1v) is 11.2. The Kier molecular flexibility index (Phi) is 13.1. The molecule has 2 aromatic heterocycles. The van der Waals surface area contributed by atoms with Crippen LogP contribution in [0.2, 0.25) is 0 Å². The van der Waals surface area contributed by atoms with Crippen LogP contribution in [-0.4, -0.2) is 9.97 Å². The minimum Gasteiger partial charge on any atom is -0.265 e. The maximum Gasteiger partial charge on any atom is 0.0406 e. The molecule has 2 heteroatoms. The van der Waals surface area contributed by atoms with Gasteiger partial charge in [0.05, 0.1) is 0 Å². The van der Waals surface area contributed by atoms with E-state index in [0.29, 0.717) is 5.92 Å². The predicted octanol–water partition coefficient (Wildman–Crippen LogP) is 7.45. The minimum atomic E-state index is 0.704. The van der Waals surface area contributed by atoms with Gasteiger partial charge in [0, 0.05) is 24.3 Å². The molecule has 0 bridgehead atoms. The molecule has 0 radical (unpaired) electrons. The van der Waals surface area contributed by atoms with Gasteiger partial charge in [-0.3, -0.25) is 9.97 Å². The third-order valence-corrected chi connectivity index (χ3v) is 4.22. The highest BCUT2D eigenvalue weighted by molar-refractivity contribution is 5.14. The molecule has 0 spiro atoms. The van der Waals surface area contributed by atoms with Gasteiger partial charge in [-0.05, 0) is 72.4 Å². The molecule has 1 aromatic carbocycles. The van der Waals surface area contributed by atoms with Crippen LogP contribution in [0.1, 0.15) is 58.4 Å². The maximum absolute atomic E-state index is 4.22. The topological polar surface area (TPSA) is 25.8 Å². The maximum atomic E-state index is 4.22. The van der Waals surface area contributed by atoms with Crippen molar-refractivity contribution in [3.8, 4) is 0 Å². The van der Waals surface area contributed by atoms with Gasteiger partial charge in [-0.25, -0.2) is 0 Å². The summed E-state index contributed by atoms with van der Waals surface area (Å²) in [4.78, 5) is 8.17. The summed E-state index contributed by atoms with van der Waals surface area (Å²) in [5, 5.41) is 0. The normalized spacial score (nSPS) is 10.3. The highest BCUT2D eigenvalue weighted by Gasteiger charge is 1.96. The lowest BCUT2D eigenvalue weighted by Gasteiger charge is -2.02. The van der Waals surface area contributed by atoms with Crippen LogP contribution in [-0.2, 0) is 19.3 Å². The lowest BCUT2D eigenvalue weighted by Crippen LogP contribution is -1.95. The Bertz CT molecular complexity index is 642. The van der Waals surface area contributed by atoms with Gasteiger partial charge in [0.25, 0.3) is 0 Å². The van der Waals surface area contributed by atoms with Crippen molar-refractivity contribution in [1.82, 2.24) is 9.97 Å². The summed E-state index contributed by atoms with van der Waals surface area (Å²) >= 11 is 0. The largest absolute Gasteiger partial charge is 0.265 e. The monoisotopic (exact) mass is 404 g/mol. The molecule has 0 aliphatic heterocycles. The van der Waals surface area contributed by atoms with Gasteiger partial charge in [-0.2, -0.15) is 0 Å². The fourth-order valence-corrected chi connectivity index (χ4v) is 3.01. The molecule has 3 rings (SSSR count). The van der Waals surface area contributed by atoms with E-state index in [9.17, 15) is 0 Å². The van der Waals surface area contributed by atoms with Crippen molar-refractivity contribution in [2.75, 3.05) is 0 Å². The summed E-state index contributed by atoms with van der Waals surface area (Å²) in [5.41, 5.74) is 4.01. The Hall–Kier alpha value is -2.48. The summed E-state index contributed by atoms with van der Waals surface area (Å²) < 4.78 is 0. The van der Waals surface area contributed by atoms with E-state index in [4.69, 9.17) is 0 Å². The van der Waals surface area contributed by atoms with Crippen molar-refractivity contribution in [1.29, 1.82) is 0 Å². The van der Waals surface area contributed by atoms with Gasteiger partial charge in [0.2, 0.25) is 0 Å². The molecule has 30 heavy (non-hydrogen) atoms. The zero-order valence-corrected chi connectivity index (χ0v) is 19.8. The molecule has 0 saturated heterocycles. The van der Waals surface area contributed by atoms with E-state index in [-0.39, 0.29) is 0 Å². The van der Waals surface area contributed by atoms with Gasteiger partial charge in [0.1, 0.15) is 0 Å². The molecule has 162 valence electrons. The van der Waals surface area contributed by atoms with Crippen LogP contribution in [0.25, 0.3) is 0 Å². The number of pyridine rings is 2. The van der Waals surface area contributed by atoms with Gasteiger partial charge in [-0.15, -0.1) is 0 Å². The average Bonchev–Trinajstić information content (AvgIpc) is 2.70. The zero-order chi connectivity index (χ0) is 22.2. The second-order valence-corrected chi connectivity index (χ2v) is 8.96. The van der Waals surface area contributed by atoms with Crippen molar-refractivity contribution in [2.45, 2.75) is 60.8 Å². The second-order valence-electron chi connectivity index (χ2n) is 8.96. The SMILES string of the molecule is CC(C)Cc1ccccc1.CC(C)Cc1ccccn1.CC(C)Cc1ccncc1. The number of benzene rings is 1. The summed E-state index contributed by atoms with van der Waals surface area (Å²) in [7, 11) is 0. The van der Waals surface area contributed by atoms with E-state index >= 15 is 0 Å². The molecular formula is C28H40N2. The first kappa shape index (κ1) is 25.6. The fraction of sp³-hybridized carbons (Fsp3) is 0.429. The molecule has 0 N–H and O–H groups in total. The zero-order valence-electron chi connectivity index (χ0n) is 19.8. The Labute approximate surface area is 184 Å². The lowest BCUT2D eigenvalue weighted by molar-refractivity contribution is 0.635. The van der Waals surface area contributed by atoms with E-state index in [1.807, 2.05) is 30.7 Å². The van der Waals surface area contributed by atoms with Gasteiger partial charge in [0.15, 0.2) is 0 Å². The predicted molar refractivity (Wildman–Crippen MR) is 131 cm³/mol. The Balaban J connectivity index is 0.000000225. The Morgan fingerprint density at radius 2 is 1.03 bits per heavy atom. The van der Waals surface area contributed by atoms with Crippen LogP contribution in [0.5, 0.6) is 0 Å². The highest BCUT2D eigenvalue weighted by atomic mass is 14.7. The summed E-state index contributed by atoms with van der Waals surface area (Å²) in [6.45, 7) is 13.3. The summed E-state index contributed by atoms with van der Waals surface area (Å²) in [5.74, 6) is 2.21. The van der Waals surface area contributed by atoms with Crippen molar-refractivity contribution in [2.24, 2.45) is 17.8 Å². The van der Waals surface area contributed by atoms with E-state index in [0.717, 1.165) is 24.7 Å². The van der Waals surface area contributed by atoms with E-state index in [1.54, 1.807) is 0 Å². The van der Waals surface area contributed by atoms with Gasteiger partial charge in [-0.1, -0.05) is 77.9 Å². The fourth-order valence-electron chi connectivity index (χ4n) is 3.01. The van der Waals surface area contributed by atoms with Crippen LogP contribution in [0.15, 0.2) is 79.3 Å². The van der Waals surface area contributed by atoms with Crippen molar-refractivity contribution < 1.29 is 0 Å². The smallest absolute Gasteiger partial charge is 0.0406 e. The second kappa shape index (κ2) is 15.4. The van der Waals surface area contributed by atoms with E-state index in [2.05, 4.69) is 100 Å². The molecular weight excluding hydrogens is 364 g/mol. The first-order valence-electron chi connectivity index (χ1n) is 11.2. The number of nitrogens with zero attached hydrogens (tertiary/aromatic N) is 2. The van der Waals surface area contributed by atoms with Gasteiger partial charge < -0.3 is 0 Å². The molecule has 0 saturated carbocycles. The lowest BCUT2D eigenvalue weighted by atomic mass is 10.0. The van der Waals surface area contributed by atoms with E-state index in [1.165, 1.54) is 23.2 Å². The van der Waals surface area contributed by atoms with Crippen molar-refractivity contribution in [3.05, 3.63) is 96.1 Å². The third kappa shape index (κ3) is 13.7. The molecule has 0 fully saturated rings. The molecule has 0 atom stereocenters. The van der Waals surface area contributed by atoms with Crippen LogP contribution in [0, 0.1) is 17.8 Å². The van der Waals surface area contributed by atoms with Gasteiger partial charge >= 0.3 is 0 Å². The van der Waals surface area contributed by atoms with Crippen LogP contribution in [0.3, 0.4) is 0 Å². The van der Waals surface area contributed by atoms with Crippen LogP contribution >= 0.6 is 0 Å². The highest BCUT2D eigenvalue weighted by Crippen LogP contribution is 2.06. The Morgan fingerprint density at radius 3 is 1.50 bits per heavy atom. The standard InChI is InChI=1S/C10H14.2C9H13N/c1-9(2)8-10-6-4-3-5-7-10;1-8(2)7-9-3-5-10-6-4-9;1-8(2)7-9-5-3-4-6-10-9/h3-7,9H,8H2,1-2H3;2*3-6,8H,7H2,1-2H3. The van der Waals surface area contributed by atoms with Crippen LogP contribution < -0.4 is 0 Å². The number of hydrogen-bond donors (Lipinski definition) is 0. The molecule has 2 heterocycles. The van der Waals surface area contributed by atoms with Crippen molar-refractivity contribution in [3.63, 3.8) is 0 Å². The number of rotatable bonds is 6. The summed E-state index contributed by atoms with van der Waals surface area (Å²) in [6.07, 6.45) is 8.97. The molecule has 0 amide bonds. The molecule has 0 unspecified atom stereocenters. The quantitative estimate of drug-likeness (QED) is 0.426. The molecule has 3 aromatic rings. The minimum absolute atomic E-state index is 0.704. The van der Waals surface area contributed by atoms with Crippen molar-refractivity contribution >= 4 is 0 Å². The number of hydrogen-bond acceptors (Lipinski definition) is 2. The average molecular weight is 405 g/mol. The molecule has 2 nitrogen and oxygen atoms in total. The summed E-state index contributed by atoms with van der Waals surface area (Å²) in [6, 6.07) is 20.8. The van der Waals surface area contributed by atoms with E-state index < -0.39 is 0 Å². The first-order chi connectivity index (χ1) is 14.4. The van der Waals surface area contributed by atoms with Crippen LogP contribution in [0.4, 0.5) is 0 Å². The number of aromatic nitrogens is 2. The third-order valence-electron chi connectivity index (χ3n) is 4.22. The molecule has 0 aliphatic rings. The Morgan fingerprint density at radius 1 is 0.533 bits per heavy atom.